The van der Waals surface area contributed by atoms with Crippen molar-refractivity contribution in [2.45, 2.75) is 33.0 Å². The first kappa shape index (κ1) is 15.4. The Labute approximate surface area is 136 Å². The fraction of sp³-hybridized carbons (Fsp3) is 0.263. The van der Waals surface area contributed by atoms with E-state index in [1.165, 1.54) is 5.52 Å². The minimum atomic E-state index is 0.155. The van der Waals surface area contributed by atoms with E-state index >= 15 is 0 Å². The lowest BCUT2D eigenvalue weighted by molar-refractivity contribution is 0.278. The number of phenolic OH excluding ortho intramolecular Hbond substituents is 1. The highest BCUT2D eigenvalue weighted by atomic mass is 16.5. The van der Waals surface area contributed by atoms with Gasteiger partial charge < -0.3 is 20.1 Å². The summed E-state index contributed by atoms with van der Waals surface area (Å²) in [6.07, 6.45) is 0. The zero-order chi connectivity index (χ0) is 16.4. The molecule has 4 nitrogen and oxygen atoms in total. The van der Waals surface area contributed by atoms with E-state index in [4.69, 9.17) is 10.5 Å². The molecule has 0 aliphatic rings. The fourth-order valence-electron chi connectivity index (χ4n) is 3.01. The highest BCUT2D eigenvalue weighted by molar-refractivity contribution is 5.84. The van der Waals surface area contributed by atoms with Gasteiger partial charge in [0.1, 0.15) is 6.61 Å². The quantitative estimate of drug-likeness (QED) is 0.749. The molecule has 0 bridgehead atoms. The number of rotatable bonds is 5. The Bertz CT molecular complexity index is 821. The molecule has 4 heteroatoms. The van der Waals surface area contributed by atoms with Crippen molar-refractivity contribution < 1.29 is 9.84 Å². The van der Waals surface area contributed by atoms with Crippen LogP contribution >= 0.6 is 0 Å². The second-order valence-corrected chi connectivity index (χ2v) is 5.91. The second-order valence-electron chi connectivity index (χ2n) is 5.91. The highest BCUT2D eigenvalue weighted by Gasteiger charge is 2.15. The third-order valence-electron chi connectivity index (χ3n) is 4.00. The fourth-order valence-corrected chi connectivity index (χ4v) is 3.01. The monoisotopic (exact) mass is 310 g/mol. The minimum absolute atomic E-state index is 0.155. The van der Waals surface area contributed by atoms with E-state index in [1.807, 2.05) is 12.1 Å². The van der Waals surface area contributed by atoms with Gasteiger partial charge in [0, 0.05) is 18.0 Å². The predicted octanol–water partition coefficient (Wildman–Crippen LogP) is 3.97. The summed E-state index contributed by atoms with van der Waals surface area (Å²) in [6, 6.07) is 15.6. The SMILES string of the molecule is CC(C)n1c(COc2ccccc2O)cc2cccc(CN)c21. The summed E-state index contributed by atoms with van der Waals surface area (Å²) in [4.78, 5) is 0. The molecule has 23 heavy (non-hydrogen) atoms. The van der Waals surface area contributed by atoms with Crippen molar-refractivity contribution in [2.24, 2.45) is 5.73 Å². The zero-order valence-corrected chi connectivity index (χ0v) is 13.5. The summed E-state index contributed by atoms with van der Waals surface area (Å²) in [5, 5.41) is 11.0. The normalized spacial score (nSPS) is 11.3. The zero-order valence-electron chi connectivity index (χ0n) is 13.5. The van der Waals surface area contributed by atoms with Gasteiger partial charge in [-0.05, 0) is 37.6 Å². The molecule has 3 N–H and O–H groups in total. The molecular weight excluding hydrogens is 288 g/mol. The Hall–Kier alpha value is -2.46. The number of ether oxygens (including phenoxy) is 1. The van der Waals surface area contributed by atoms with Crippen LogP contribution in [-0.4, -0.2) is 9.67 Å². The largest absolute Gasteiger partial charge is 0.504 e. The van der Waals surface area contributed by atoms with Crippen LogP contribution < -0.4 is 10.5 Å². The number of benzene rings is 2. The van der Waals surface area contributed by atoms with Crippen LogP contribution in [-0.2, 0) is 13.2 Å². The number of hydrogen-bond donors (Lipinski definition) is 2. The van der Waals surface area contributed by atoms with E-state index in [2.05, 4.69) is 36.6 Å². The maximum absolute atomic E-state index is 9.84. The first-order valence-corrected chi connectivity index (χ1v) is 7.84. The molecule has 0 aliphatic carbocycles. The van der Waals surface area contributed by atoms with Crippen LogP contribution in [0.3, 0.4) is 0 Å². The van der Waals surface area contributed by atoms with Crippen molar-refractivity contribution in [1.29, 1.82) is 0 Å². The van der Waals surface area contributed by atoms with Crippen LogP contribution in [0.25, 0.3) is 10.9 Å². The average Bonchev–Trinajstić information content (AvgIpc) is 2.92. The predicted molar refractivity (Wildman–Crippen MR) is 92.7 cm³/mol. The molecule has 2 aromatic carbocycles. The number of aromatic nitrogens is 1. The number of para-hydroxylation sites is 3. The van der Waals surface area contributed by atoms with E-state index in [1.54, 1.807) is 18.2 Å². The molecule has 0 radical (unpaired) electrons. The summed E-state index contributed by atoms with van der Waals surface area (Å²) < 4.78 is 8.08. The van der Waals surface area contributed by atoms with Gasteiger partial charge in [0.2, 0.25) is 0 Å². The molecule has 1 heterocycles. The molecular formula is C19H22N2O2. The van der Waals surface area contributed by atoms with Crippen molar-refractivity contribution in [3.05, 3.63) is 59.8 Å². The van der Waals surface area contributed by atoms with Gasteiger partial charge in [0.25, 0.3) is 0 Å². The number of fused-ring (bicyclic) bond motifs is 1. The second kappa shape index (κ2) is 6.34. The number of nitrogens with two attached hydrogens (primary N) is 1. The Kier molecular flexibility index (Phi) is 4.26. The van der Waals surface area contributed by atoms with E-state index in [9.17, 15) is 5.11 Å². The van der Waals surface area contributed by atoms with Gasteiger partial charge in [-0.3, -0.25) is 0 Å². The van der Waals surface area contributed by atoms with Crippen LogP contribution in [0.15, 0.2) is 48.5 Å². The molecule has 0 aliphatic heterocycles. The van der Waals surface area contributed by atoms with Crippen LogP contribution in [0, 0.1) is 0 Å². The third kappa shape index (κ3) is 2.90. The maximum Gasteiger partial charge on any atom is 0.161 e. The van der Waals surface area contributed by atoms with E-state index in [0.717, 1.165) is 16.6 Å². The lowest BCUT2D eigenvalue weighted by atomic mass is 10.1. The van der Waals surface area contributed by atoms with Crippen LogP contribution in [0.4, 0.5) is 0 Å². The summed E-state index contributed by atoms with van der Waals surface area (Å²) in [6.45, 7) is 5.20. The Morgan fingerprint density at radius 3 is 2.61 bits per heavy atom. The van der Waals surface area contributed by atoms with Crippen LogP contribution in [0.1, 0.15) is 31.1 Å². The Balaban J connectivity index is 2.00. The van der Waals surface area contributed by atoms with Crippen molar-refractivity contribution in [2.75, 3.05) is 0 Å². The molecule has 0 unspecified atom stereocenters. The van der Waals surface area contributed by atoms with Gasteiger partial charge in [-0.15, -0.1) is 0 Å². The molecule has 0 atom stereocenters. The standard InChI is InChI=1S/C19H22N2O2/c1-13(2)21-16(12-23-18-9-4-3-8-17(18)22)10-14-6-5-7-15(11-20)19(14)21/h3-10,13,22H,11-12,20H2,1-2H3. The molecule has 120 valence electrons. The summed E-state index contributed by atoms with van der Waals surface area (Å²) in [7, 11) is 0. The van der Waals surface area contributed by atoms with Gasteiger partial charge in [-0.25, -0.2) is 0 Å². The Morgan fingerprint density at radius 1 is 1.13 bits per heavy atom. The molecule has 3 aromatic rings. The molecule has 0 saturated heterocycles. The first-order chi connectivity index (χ1) is 11.1. The van der Waals surface area contributed by atoms with Crippen LogP contribution in [0.2, 0.25) is 0 Å². The lowest BCUT2D eigenvalue weighted by Gasteiger charge is -2.17. The number of hydrogen-bond acceptors (Lipinski definition) is 3. The van der Waals surface area contributed by atoms with Gasteiger partial charge in [-0.1, -0.05) is 30.3 Å². The number of aromatic hydroxyl groups is 1. The maximum atomic E-state index is 9.84. The van der Waals surface area contributed by atoms with E-state index in [-0.39, 0.29) is 5.75 Å². The summed E-state index contributed by atoms with van der Waals surface area (Å²) in [5.41, 5.74) is 9.27. The lowest BCUT2D eigenvalue weighted by Crippen LogP contribution is -2.10. The van der Waals surface area contributed by atoms with Crippen LogP contribution in [0.5, 0.6) is 11.5 Å². The molecule has 0 spiro atoms. The molecule has 0 saturated carbocycles. The van der Waals surface area contributed by atoms with Gasteiger partial charge >= 0.3 is 0 Å². The Morgan fingerprint density at radius 2 is 1.91 bits per heavy atom. The van der Waals surface area contributed by atoms with Gasteiger partial charge in [0.05, 0.1) is 11.2 Å². The summed E-state index contributed by atoms with van der Waals surface area (Å²) >= 11 is 0. The van der Waals surface area contributed by atoms with Gasteiger partial charge in [0.15, 0.2) is 11.5 Å². The molecule has 0 fully saturated rings. The number of nitrogens with zero attached hydrogens (tertiary/aromatic N) is 1. The third-order valence-corrected chi connectivity index (χ3v) is 4.00. The average molecular weight is 310 g/mol. The minimum Gasteiger partial charge on any atom is -0.504 e. The smallest absolute Gasteiger partial charge is 0.161 e. The highest BCUT2D eigenvalue weighted by Crippen LogP contribution is 2.30. The molecule has 1 aromatic heterocycles. The molecule has 0 amide bonds. The van der Waals surface area contributed by atoms with Gasteiger partial charge in [-0.2, -0.15) is 0 Å². The van der Waals surface area contributed by atoms with E-state index in [0.29, 0.717) is 24.9 Å². The van der Waals surface area contributed by atoms with Crippen molar-refractivity contribution in [1.82, 2.24) is 4.57 Å². The van der Waals surface area contributed by atoms with Crippen molar-refractivity contribution in [3.8, 4) is 11.5 Å². The van der Waals surface area contributed by atoms with Crippen molar-refractivity contribution >= 4 is 10.9 Å². The first-order valence-electron chi connectivity index (χ1n) is 7.84. The van der Waals surface area contributed by atoms with E-state index < -0.39 is 0 Å². The topological polar surface area (TPSA) is 60.4 Å². The number of phenols is 1. The van der Waals surface area contributed by atoms with Crippen molar-refractivity contribution in [3.63, 3.8) is 0 Å². The summed E-state index contributed by atoms with van der Waals surface area (Å²) in [5.74, 6) is 0.648. The molecule has 3 rings (SSSR count).